The third kappa shape index (κ3) is 3.82. The summed E-state index contributed by atoms with van der Waals surface area (Å²) in [6, 6.07) is 17.7. The molecule has 0 amide bonds. The maximum atomic E-state index is 6.10. The number of aromatic nitrogens is 2. The van der Waals surface area contributed by atoms with Gasteiger partial charge in [-0.3, -0.25) is 0 Å². The fraction of sp³-hybridized carbons (Fsp3) is 0.136. The van der Waals surface area contributed by atoms with Crippen molar-refractivity contribution in [3.05, 3.63) is 77.0 Å². The molecule has 0 radical (unpaired) electrons. The van der Waals surface area contributed by atoms with Crippen molar-refractivity contribution >= 4 is 27.3 Å². The van der Waals surface area contributed by atoms with E-state index in [4.69, 9.17) is 20.2 Å². The van der Waals surface area contributed by atoms with Crippen molar-refractivity contribution < 1.29 is 9.47 Å². The Kier molecular flexibility index (Phi) is 5.21. The Morgan fingerprint density at radius 2 is 1.86 bits per heavy atom. The zero-order valence-corrected chi connectivity index (χ0v) is 17.0. The average molecular weight is 438 g/mol. The van der Waals surface area contributed by atoms with Gasteiger partial charge >= 0.3 is 0 Å². The van der Waals surface area contributed by atoms with Crippen LogP contribution in [0.4, 0.5) is 5.69 Å². The minimum atomic E-state index is 0.477. The number of fused-ring (bicyclic) bond motifs is 1. The Balaban J connectivity index is 1.61. The second kappa shape index (κ2) is 7.94. The SMILES string of the molecule is CCOc1ccc(-c2cn3cccc(OCc4ccc(Br)cc4)c3n2)cc1N. The molecule has 0 bridgehead atoms. The molecule has 142 valence electrons. The van der Waals surface area contributed by atoms with E-state index in [0.29, 0.717) is 24.7 Å². The van der Waals surface area contributed by atoms with Crippen LogP contribution in [0.25, 0.3) is 16.9 Å². The van der Waals surface area contributed by atoms with Crippen molar-refractivity contribution in [3.63, 3.8) is 0 Å². The van der Waals surface area contributed by atoms with Crippen LogP contribution in [0.5, 0.6) is 11.5 Å². The number of imidazole rings is 1. The van der Waals surface area contributed by atoms with Crippen LogP contribution in [-0.4, -0.2) is 16.0 Å². The molecular formula is C22H20BrN3O2. The van der Waals surface area contributed by atoms with E-state index in [-0.39, 0.29) is 0 Å². The van der Waals surface area contributed by atoms with E-state index in [0.717, 1.165) is 32.7 Å². The molecule has 0 saturated carbocycles. The first-order valence-corrected chi connectivity index (χ1v) is 9.81. The molecule has 5 nitrogen and oxygen atoms in total. The van der Waals surface area contributed by atoms with Gasteiger partial charge in [-0.25, -0.2) is 4.98 Å². The van der Waals surface area contributed by atoms with E-state index in [9.17, 15) is 0 Å². The highest BCUT2D eigenvalue weighted by Crippen LogP contribution is 2.30. The van der Waals surface area contributed by atoms with Crippen molar-refractivity contribution in [3.8, 4) is 22.8 Å². The molecule has 0 atom stereocenters. The van der Waals surface area contributed by atoms with Gasteiger partial charge in [0.1, 0.15) is 12.4 Å². The molecule has 0 saturated heterocycles. The van der Waals surface area contributed by atoms with Crippen LogP contribution in [0, 0.1) is 0 Å². The Labute approximate surface area is 171 Å². The monoisotopic (exact) mass is 437 g/mol. The van der Waals surface area contributed by atoms with Crippen LogP contribution in [-0.2, 0) is 6.61 Å². The number of rotatable bonds is 6. The van der Waals surface area contributed by atoms with E-state index in [2.05, 4.69) is 15.9 Å². The number of nitrogens with zero attached hydrogens (tertiary/aromatic N) is 2. The summed E-state index contributed by atoms with van der Waals surface area (Å²) < 4.78 is 14.5. The molecule has 6 heteroatoms. The van der Waals surface area contributed by atoms with E-state index in [1.54, 1.807) is 0 Å². The van der Waals surface area contributed by atoms with Crippen LogP contribution in [0.2, 0.25) is 0 Å². The molecular weight excluding hydrogens is 418 g/mol. The molecule has 4 aromatic rings. The molecule has 0 aliphatic heterocycles. The fourth-order valence-electron chi connectivity index (χ4n) is 2.98. The highest BCUT2D eigenvalue weighted by atomic mass is 79.9. The summed E-state index contributed by atoms with van der Waals surface area (Å²) >= 11 is 3.45. The molecule has 28 heavy (non-hydrogen) atoms. The van der Waals surface area contributed by atoms with Crippen LogP contribution in [0.15, 0.2) is 71.5 Å². The smallest absolute Gasteiger partial charge is 0.180 e. The van der Waals surface area contributed by atoms with Gasteiger partial charge in [0, 0.05) is 22.4 Å². The van der Waals surface area contributed by atoms with Crippen molar-refractivity contribution in [2.45, 2.75) is 13.5 Å². The topological polar surface area (TPSA) is 61.8 Å². The van der Waals surface area contributed by atoms with Crippen molar-refractivity contribution in [1.29, 1.82) is 0 Å². The quantitative estimate of drug-likeness (QED) is 0.414. The summed E-state index contributed by atoms with van der Waals surface area (Å²) in [5, 5.41) is 0. The first-order valence-electron chi connectivity index (χ1n) is 9.01. The number of halogens is 1. The highest BCUT2D eigenvalue weighted by Gasteiger charge is 2.11. The predicted octanol–water partition coefficient (Wildman–Crippen LogP) is 5.32. The Morgan fingerprint density at radius 1 is 1.04 bits per heavy atom. The molecule has 2 heterocycles. The molecule has 2 aromatic heterocycles. The third-order valence-electron chi connectivity index (χ3n) is 4.36. The summed E-state index contributed by atoms with van der Waals surface area (Å²) in [5.74, 6) is 1.42. The lowest BCUT2D eigenvalue weighted by Crippen LogP contribution is -1.97. The maximum Gasteiger partial charge on any atom is 0.180 e. The summed E-state index contributed by atoms with van der Waals surface area (Å²) in [7, 11) is 0. The van der Waals surface area contributed by atoms with E-state index >= 15 is 0 Å². The summed E-state index contributed by atoms with van der Waals surface area (Å²) in [4.78, 5) is 4.76. The number of benzene rings is 2. The maximum absolute atomic E-state index is 6.10. The Morgan fingerprint density at radius 3 is 2.61 bits per heavy atom. The van der Waals surface area contributed by atoms with Gasteiger partial charge in [-0.2, -0.15) is 0 Å². The van der Waals surface area contributed by atoms with E-state index in [1.165, 1.54) is 0 Å². The number of hydrogen-bond acceptors (Lipinski definition) is 4. The van der Waals surface area contributed by atoms with Crippen LogP contribution >= 0.6 is 15.9 Å². The van der Waals surface area contributed by atoms with Gasteiger partial charge in [-0.15, -0.1) is 0 Å². The Bertz CT molecular complexity index is 1110. The van der Waals surface area contributed by atoms with Gasteiger partial charge < -0.3 is 19.6 Å². The number of anilines is 1. The second-order valence-electron chi connectivity index (χ2n) is 6.33. The lowest BCUT2D eigenvalue weighted by molar-refractivity contribution is 0.308. The van der Waals surface area contributed by atoms with Gasteiger partial charge in [0.25, 0.3) is 0 Å². The number of nitrogen functional groups attached to an aromatic ring is 1. The lowest BCUT2D eigenvalue weighted by Gasteiger charge is -2.07. The predicted molar refractivity (Wildman–Crippen MR) is 115 cm³/mol. The minimum Gasteiger partial charge on any atom is -0.492 e. The highest BCUT2D eigenvalue weighted by molar-refractivity contribution is 9.10. The zero-order valence-electron chi connectivity index (χ0n) is 15.4. The van der Waals surface area contributed by atoms with E-state index < -0.39 is 0 Å². The van der Waals surface area contributed by atoms with Gasteiger partial charge in [0.2, 0.25) is 0 Å². The van der Waals surface area contributed by atoms with Crippen molar-refractivity contribution in [1.82, 2.24) is 9.38 Å². The normalized spacial score (nSPS) is 10.9. The standard InChI is InChI=1S/C22H20BrN3O2/c1-2-27-20-10-7-16(12-18(20)24)19-13-26-11-3-4-21(22(26)25-19)28-14-15-5-8-17(23)9-6-15/h3-13H,2,14,24H2,1H3. The lowest BCUT2D eigenvalue weighted by atomic mass is 10.1. The molecule has 4 rings (SSSR count). The minimum absolute atomic E-state index is 0.477. The first kappa shape index (κ1) is 18.4. The first-order chi connectivity index (χ1) is 13.6. The van der Waals surface area contributed by atoms with Gasteiger partial charge in [-0.1, -0.05) is 28.1 Å². The third-order valence-corrected chi connectivity index (χ3v) is 4.89. The Hall–Kier alpha value is -2.99. The van der Waals surface area contributed by atoms with Crippen LogP contribution in [0.3, 0.4) is 0 Å². The van der Waals surface area contributed by atoms with Crippen LogP contribution in [0.1, 0.15) is 12.5 Å². The molecule has 0 aliphatic carbocycles. The molecule has 0 unspecified atom stereocenters. The summed E-state index contributed by atoms with van der Waals surface area (Å²) in [6.07, 6.45) is 3.92. The van der Waals surface area contributed by atoms with Crippen LogP contribution < -0.4 is 15.2 Å². The van der Waals surface area contributed by atoms with E-state index in [1.807, 2.05) is 78.3 Å². The largest absolute Gasteiger partial charge is 0.492 e. The number of hydrogen-bond donors (Lipinski definition) is 1. The number of pyridine rings is 1. The van der Waals surface area contributed by atoms with Gasteiger partial charge in [0.15, 0.2) is 11.4 Å². The van der Waals surface area contributed by atoms with Crippen molar-refractivity contribution in [2.24, 2.45) is 0 Å². The van der Waals surface area contributed by atoms with Crippen molar-refractivity contribution in [2.75, 3.05) is 12.3 Å². The molecule has 0 aliphatic rings. The molecule has 0 spiro atoms. The number of ether oxygens (including phenoxy) is 2. The number of nitrogens with two attached hydrogens (primary N) is 1. The second-order valence-corrected chi connectivity index (χ2v) is 7.25. The molecule has 2 aromatic carbocycles. The molecule has 0 fully saturated rings. The molecule has 2 N–H and O–H groups in total. The average Bonchev–Trinajstić information content (AvgIpc) is 3.14. The summed E-state index contributed by atoms with van der Waals surface area (Å²) in [5.41, 5.74) is 10.3. The fourth-order valence-corrected chi connectivity index (χ4v) is 3.24. The zero-order chi connectivity index (χ0) is 19.5. The van der Waals surface area contributed by atoms with Gasteiger partial charge in [0.05, 0.1) is 18.0 Å². The van der Waals surface area contributed by atoms with Gasteiger partial charge in [-0.05, 0) is 55.0 Å². The summed E-state index contributed by atoms with van der Waals surface area (Å²) in [6.45, 7) is 2.99.